The van der Waals surface area contributed by atoms with Crippen molar-refractivity contribution >= 4 is 22.9 Å². The van der Waals surface area contributed by atoms with Crippen molar-refractivity contribution in [3.8, 4) is 0 Å². The van der Waals surface area contributed by atoms with E-state index in [0.29, 0.717) is 0 Å². The van der Waals surface area contributed by atoms with Crippen LogP contribution in [0.4, 0.5) is 5.69 Å². The molecule has 2 rings (SSSR count). The summed E-state index contributed by atoms with van der Waals surface area (Å²) in [5.41, 5.74) is 3.20. The van der Waals surface area contributed by atoms with Gasteiger partial charge in [0, 0.05) is 12.2 Å². The molecule has 0 spiro atoms. The fourth-order valence-corrected chi connectivity index (χ4v) is 2.62. The molecule has 1 N–H and O–H groups in total. The number of hydrogen-bond donors (Lipinski definition) is 1. The number of rotatable bonds is 5. The third-order valence-corrected chi connectivity index (χ3v) is 4.19. The highest BCUT2D eigenvalue weighted by atomic mass is 32.1. The highest BCUT2D eigenvalue weighted by Gasteiger charge is 2.18. The number of amides is 1. The number of anilines is 1. The zero-order valence-corrected chi connectivity index (χ0v) is 12.9. The Morgan fingerprint density at radius 2 is 2.10 bits per heavy atom. The molecule has 20 heavy (non-hydrogen) atoms. The molecule has 0 aliphatic rings. The van der Waals surface area contributed by atoms with E-state index >= 15 is 0 Å². The van der Waals surface area contributed by atoms with Gasteiger partial charge in [0.2, 0.25) is 5.91 Å². The number of benzene rings is 1. The second-order valence-electron chi connectivity index (χ2n) is 5.03. The molecule has 0 aliphatic carbocycles. The number of carbonyl (C=O) groups is 1. The molecular weight excluding hydrogens is 268 g/mol. The van der Waals surface area contributed by atoms with Gasteiger partial charge in [0.1, 0.15) is 0 Å². The topological polar surface area (TPSA) is 32.3 Å². The van der Waals surface area contributed by atoms with Crippen molar-refractivity contribution < 1.29 is 4.79 Å². The number of aryl methyl sites for hydroxylation is 1. The van der Waals surface area contributed by atoms with E-state index in [1.165, 1.54) is 5.56 Å². The lowest BCUT2D eigenvalue weighted by Gasteiger charge is -2.23. The van der Waals surface area contributed by atoms with Gasteiger partial charge in [-0.05, 0) is 54.9 Å². The summed E-state index contributed by atoms with van der Waals surface area (Å²) in [7, 11) is 1.97. The molecule has 0 saturated carbocycles. The molecule has 1 amide bonds. The second-order valence-corrected chi connectivity index (χ2v) is 5.81. The van der Waals surface area contributed by atoms with E-state index in [4.69, 9.17) is 0 Å². The van der Waals surface area contributed by atoms with Crippen LogP contribution in [-0.4, -0.2) is 23.9 Å². The van der Waals surface area contributed by atoms with E-state index in [1.54, 1.807) is 11.3 Å². The standard InChI is InChI=1S/C16H20N2OS/c1-12-6-4-5-7-15(12)17-16(19)13(2)18(3)10-14-8-9-20-11-14/h4-9,11,13H,10H2,1-3H3,(H,17,19)/t13-/m1/s1. The largest absolute Gasteiger partial charge is 0.324 e. The summed E-state index contributed by atoms with van der Waals surface area (Å²) in [5.74, 6) is 0.0250. The molecular formula is C16H20N2OS. The summed E-state index contributed by atoms with van der Waals surface area (Å²) in [5, 5.41) is 7.16. The summed E-state index contributed by atoms with van der Waals surface area (Å²) < 4.78 is 0. The van der Waals surface area contributed by atoms with Crippen molar-refractivity contribution in [2.24, 2.45) is 0 Å². The van der Waals surface area contributed by atoms with Crippen LogP contribution in [0.25, 0.3) is 0 Å². The molecule has 2 aromatic rings. The molecule has 0 saturated heterocycles. The van der Waals surface area contributed by atoms with Gasteiger partial charge in [0.15, 0.2) is 0 Å². The summed E-state index contributed by atoms with van der Waals surface area (Å²) in [4.78, 5) is 14.3. The van der Waals surface area contributed by atoms with Gasteiger partial charge in [-0.3, -0.25) is 9.69 Å². The number of carbonyl (C=O) groups excluding carboxylic acids is 1. The molecule has 0 unspecified atom stereocenters. The first-order valence-electron chi connectivity index (χ1n) is 6.65. The Morgan fingerprint density at radius 1 is 1.35 bits per heavy atom. The van der Waals surface area contributed by atoms with Gasteiger partial charge >= 0.3 is 0 Å². The normalized spacial score (nSPS) is 12.4. The molecule has 1 aromatic heterocycles. The summed E-state index contributed by atoms with van der Waals surface area (Å²) in [6.45, 7) is 4.71. The Bertz CT molecular complexity index is 566. The lowest BCUT2D eigenvalue weighted by Crippen LogP contribution is -2.39. The van der Waals surface area contributed by atoms with E-state index < -0.39 is 0 Å². The first kappa shape index (κ1) is 14.8. The molecule has 1 heterocycles. The van der Waals surface area contributed by atoms with Crippen molar-refractivity contribution in [2.75, 3.05) is 12.4 Å². The highest BCUT2D eigenvalue weighted by Crippen LogP contribution is 2.15. The lowest BCUT2D eigenvalue weighted by molar-refractivity contribution is -0.120. The van der Waals surface area contributed by atoms with Crippen molar-refractivity contribution in [3.63, 3.8) is 0 Å². The Labute approximate surface area is 124 Å². The highest BCUT2D eigenvalue weighted by molar-refractivity contribution is 7.07. The van der Waals surface area contributed by atoms with Crippen molar-refractivity contribution in [2.45, 2.75) is 26.4 Å². The van der Waals surface area contributed by atoms with Crippen LogP contribution < -0.4 is 5.32 Å². The predicted molar refractivity (Wildman–Crippen MR) is 85.1 cm³/mol. The van der Waals surface area contributed by atoms with Crippen LogP contribution in [0.5, 0.6) is 0 Å². The fourth-order valence-electron chi connectivity index (χ4n) is 1.96. The molecule has 3 nitrogen and oxygen atoms in total. The number of nitrogens with zero attached hydrogens (tertiary/aromatic N) is 1. The van der Waals surface area contributed by atoms with Crippen LogP contribution in [0.2, 0.25) is 0 Å². The Morgan fingerprint density at radius 3 is 2.75 bits per heavy atom. The van der Waals surface area contributed by atoms with E-state index in [9.17, 15) is 4.79 Å². The number of likely N-dealkylation sites (N-methyl/N-ethyl adjacent to an activating group) is 1. The second kappa shape index (κ2) is 6.68. The Kier molecular flexibility index (Phi) is 4.93. The molecule has 0 aliphatic heterocycles. The molecule has 0 bridgehead atoms. The van der Waals surface area contributed by atoms with E-state index in [0.717, 1.165) is 17.8 Å². The van der Waals surface area contributed by atoms with Crippen LogP contribution in [0.1, 0.15) is 18.1 Å². The maximum absolute atomic E-state index is 12.3. The maximum Gasteiger partial charge on any atom is 0.241 e. The number of hydrogen-bond acceptors (Lipinski definition) is 3. The van der Waals surface area contributed by atoms with Crippen LogP contribution in [0.3, 0.4) is 0 Å². The first-order valence-corrected chi connectivity index (χ1v) is 7.60. The zero-order chi connectivity index (χ0) is 14.5. The third-order valence-electron chi connectivity index (χ3n) is 3.46. The smallest absolute Gasteiger partial charge is 0.241 e. The number of para-hydroxylation sites is 1. The van der Waals surface area contributed by atoms with Gasteiger partial charge in [-0.2, -0.15) is 11.3 Å². The van der Waals surface area contributed by atoms with Crippen molar-refractivity contribution in [1.82, 2.24) is 4.90 Å². The van der Waals surface area contributed by atoms with Crippen LogP contribution in [0, 0.1) is 6.92 Å². The number of nitrogens with one attached hydrogen (secondary N) is 1. The minimum atomic E-state index is -0.172. The summed E-state index contributed by atoms with van der Waals surface area (Å²) in [6, 6.07) is 9.75. The fraction of sp³-hybridized carbons (Fsp3) is 0.312. The maximum atomic E-state index is 12.3. The minimum Gasteiger partial charge on any atom is -0.324 e. The van der Waals surface area contributed by atoms with Gasteiger partial charge < -0.3 is 5.32 Å². The van der Waals surface area contributed by atoms with E-state index in [2.05, 4.69) is 27.0 Å². The summed E-state index contributed by atoms with van der Waals surface area (Å²) in [6.07, 6.45) is 0. The molecule has 1 aromatic carbocycles. The van der Waals surface area contributed by atoms with Gasteiger partial charge in [0.05, 0.1) is 6.04 Å². The lowest BCUT2D eigenvalue weighted by atomic mass is 10.2. The quantitative estimate of drug-likeness (QED) is 0.913. The molecule has 1 atom stereocenters. The molecule has 0 radical (unpaired) electrons. The first-order chi connectivity index (χ1) is 9.58. The average Bonchev–Trinajstić information content (AvgIpc) is 2.93. The molecule has 4 heteroatoms. The predicted octanol–water partition coefficient (Wildman–Crippen LogP) is 3.52. The Hall–Kier alpha value is -1.65. The van der Waals surface area contributed by atoms with Crippen molar-refractivity contribution in [3.05, 3.63) is 52.2 Å². The van der Waals surface area contributed by atoms with E-state index in [-0.39, 0.29) is 11.9 Å². The van der Waals surface area contributed by atoms with Crippen LogP contribution >= 0.6 is 11.3 Å². The monoisotopic (exact) mass is 288 g/mol. The molecule has 106 valence electrons. The third kappa shape index (κ3) is 3.68. The van der Waals surface area contributed by atoms with Gasteiger partial charge in [-0.1, -0.05) is 18.2 Å². The Balaban J connectivity index is 1.96. The average molecular weight is 288 g/mol. The van der Waals surface area contributed by atoms with Gasteiger partial charge in [0.25, 0.3) is 0 Å². The van der Waals surface area contributed by atoms with Crippen LogP contribution in [0.15, 0.2) is 41.1 Å². The molecule has 0 fully saturated rings. The van der Waals surface area contributed by atoms with Crippen LogP contribution in [-0.2, 0) is 11.3 Å². The van der Waals surface area contributed by atoms with E-state index in [1.807, 2.05) is 45.2 Å². The zero-order valence-electron chi connectivity index (χ0n) is 12.1. The van der Waals surface area contributed by atoms with Crippen molar-refractivity contribution in [1.29, 1.82) is 0 Å². The number of thiophene rings is 1. The summed E-state index contributed by atoms with van der Waals surface area (Å²) >= 11 is 1.68. The SMILES string of the molecule is Cc1ccccc1NC(=O)[C@@H](C)N(C)Cc1ccsc1. The van der Waals surface area contributed by atoms with Gasteiger partial charge in [-0.15, -0.1) is 0 Å². The van der Waals surface area contributed by atoms with Gasteiger partial charge in [-0.25, -0.2) is 0 Å². The minimum absolute atomic E-state index is 0.0250.